The number of phenols is 1. The summed E-state index contributed by atoms with van der Waals surface area (Å²) in [5, 5.41) is 8.98. The molecule has 0 amide bonds. The van der Waals surface area contributed by atoms with E-state index in [1.165, 1.54) is 6.92 Å². The molecule has 0 unspecified atom stereocenters. The molecule has 0 bridgehead atoms. The zero-order valence-electron chi connectivity index (χ0n) is 8.88. The number of aromatic hydroxyl groups is 1. The Bertz CT molecular complexity index is 371. The van der Waals surface area contributed by atoms with Crippen LogP contribution in [0.4, 0.5) is 17.6 Å². The molecule has 5 N–H and O–H groups in total. The van der Waals surface area contributed by atoms with E-state index in [1.54, 1.807) is 0 Å². The molecule has 0 aromatic heterocycles. The number of thioether (sulfide) groups is 1. The van der Waals surface area contributed by atoms with Crippen molar-refractivity contribution in [1.29, 1.82) is 0 Å². The Kier molecular flexibility index (Phi) is 6.29. The van der Waals surface area contributed by atoms with Gasteiger partial charge >= 0.3 is 6.18 Å². The lowest BCUT2D eigenvalue weighted by molar-refractivity contribution is -0.105. The SMILES string of the molecule is Cc1cc(F)c(O)cc1SCC(F)(F)F.NN. The lowest BCUT2D eigenvalue weighted by atomic mass is 10.2. The summed E-state index contributed by atoms with van der Waals surface area (Å²) in [5.41, 5.74) is 0.375. The number of benzene rings is 1. The van der Waals surface area contributed by atoms with Crippen LogP contribution in [-0.2, 0) is 0 Å². The minimum absolute atomic E-state index is 0.228. The van der Waals surface area contributed by atoms with Gasteiger partial charge in [0.2, 0.25) is 0 Å². The highest BCUT2D eigenvalue weighted by atomic mass is 32.2. The van der Waals surface area contributed by atoms with Crippen LogP contribution in [-0.4, -0.2) is 17.0 Å². The Hall–Kier alpha value is -0.990. The van der Waals surface area contributed by atoms with Crippen LogP contribution in [0.5, 0.6) is 5.75 Å². The fourth-order valence-corrected chi connectivity index (χ4v) is 1.76. The molecule has 1 rings (SSSR count). The molecule has 8 heteroatoms. The first-order valence-corrected chi connectivity index (χ1v) is 5.30. The first-order chi connectivity index (χ1) is 7.79. The van der Waals surface area contributed by atoms with Crippen LogP contribution in [0.1, 0.15) is 5.56 Å². The number of hydrogen-bond donors (Lipinski definition) is 3. The summed E-state index contributed by atoms with van der Waals surface area (Å²) in [4.78, 5) is 0.228. The van der Waals surface area contributed by atoms with E-state index in [0.717, 1.165) is 12.1 Å². The van der Waals surface area contributed by atoms with Crippen LogP contribution in [0.2, 0.25) is 0 Å². The average Bonchev–Trinajstić information content (AvgIpc) is 2.23. The molecule has 98 valence electrons. The second kappa shape index (κ2) is 6.67. The highest BCUT2D eigenvalue weighted by molar-refractivity contribution is 7.99. The molecule has 0 aliphatic carbocycles. The Labute approximate surface area is 99.8 Å². The van der Waals surface area contributed by atoms with Gasteiger partial charge in [-0.05, 0) is 24.6 Å². The Morgan fingerprint density at radius 3 is 2.29 bits per heavy atom. The molecule has 0 radical (unpaired) electrons. The number of nitrogens with two attached hydrogens (primary N) is 2. The van der Waals surface area contributed by atoms with Gasteiger partial charge in [-0.1, -0.05) is 0 Å². The molecule has 1 aromatic carbocycles. The summed E-state index contributed by atoms with van der Waals surface area (Å²) in [6, 6.07) is 2.01. The van der Waals surface area contributed by atoms with E-state index in [9.17, 15) is 17.6 Å². The van der Waals surface area contributed by atoms with E-state index >= 15 is 0 Å². The number of alkyl halides is 3. The van der Waals surface area contributed by atoms with E-state index in [-0.39, 0.29) is 4.90 Å². The predicted octanol–water partition coefficient (Wildman–Crippen LogP) is 2.31. The fourth-order valence-electron chi connectivity index (χ4n) is 0.957. The smallest absolute Gasteiger partial charge is 0.398 e. The molecule has 0 atom stereocenters. The molecule has 0 saturated carbocycles. The molecule has 0 spiro atoms. The van der Waals surface area contributed by atoms with Crippen molar-refractivity contribution in [3.05, 3.63) is 23.5 Å². The number of halogens is 4. The Balaban J connectivity index is 0.00000121. The molecule has 0 heterocycles. The van der Waals surface area contributed by atoms with E-state index < -0.39 is 23.5 Å². The summed E-state index contributed by atoms with van der Waals surface area (Å²) < 4.78 is 48.4. The summed E-state index contributed by atoms with van der Waals surface area (Å²) in [5.74, 6) is 5.48. The monoisotopic (exact) mass is 272 g/mol. The van der Waals surface area contributed by atoms with Crippen molar-refractivity contribution in [3.63, 3.8) is 0 Å². The molecule has 1 aromatic rings. The van der Waals surface area contributed by atoms with E-state index in [2.05, 4.69) is 11.7 Å². The lowest BCUT2D eigenvalue weighted by Gasteiger charge is -2.09. The number of rotatable bonds is 2. The number of phenolic OH excluding ortho intramolecular Hbond substituents is 1. The van der Waals surface area contributed by atoms with Crippen LogP contribution in [0.15, 0.2) is 17.0 Å². The fraction of sp³-hybridized carbons (Fsp3) is 0.333. The van der Waals surface area contributed by atoms with Crippen LogP contribution >= 0.6 is 11.8 Å². The van der Waals surface area contributed by atoms with Crippen molar-refractivity contribution in [2.45, 2.75) is 18.0 Å². The third-order valence-corrected chi connectivity index (χ3v) is 2.86. The van der Waals surface area contributed by atoms with Gasteiger partial charge in [0.05, 0.1) is 5.75 Å². The molecule has 0 aliphatic heterocycles. The van der Waals surface area contributed by atoms with Gasteiger partial charge in [0.15, 0.2) is 11.6 Å². The van der Waals surface area contributed by atoms with Gasteiger partial charge in [0, 0.05) is 4.90 Å². The predicted molar refractivity (Wildman–Crippen MR) is 58.0 cm³/mol. The Morgan fingerprint density at radius 2 is 1.82 bits per heavy atom. The maximum atomic E-state index is 12.8. The maximum Gasteiger partial charge on any atom is 0.398 e. The number of hydrogen-bond acceptors (Lipinski definition) is 4. The summed E-state index contributed by atoms with van der Waals surface area (Å²) in [6.45, 7) is 1.49. The molecular formula is C9H12F4N2OS. The normalized spacial score (nSPS) is 10.8. The first kappa shape index (κ1) is 16.0. The molecular weight excluding hydrogens is 260 g/mol. The van der Waals surface area contributed by atoms with E-state index in [4.69, 9.17) is 5.11 Å². The minimum atomic E-state index is -4.28. The van der Waals surface area contributed by atoms with Crippen molar-refractivity contribution in [2.24, 2.45) is 11.7 Å². The van der Waals surface area contributed by atoms with Gasteiger partial charge < -0.3 is 5.11 Å². The van der Waals surface area contributed by atoms with Gasteiger partial charge in [0.1, 0.15) is 0 Å². The summed E-state index contributed by atoms with van der Waals surface area (Å²) in [6.07, 6.45) is -4.28. The molecule has 0 saturated heterocycles. The lowest BCUT2D eigenvalue weighted by Crippen LogP contribution is -2.10. The topological polar surface area (TPSA) is 72.3 Å². The summed E-state index contributed by atoms with van der Waals surface area (Å²) in [7, 11) is 0. The van der Waals surface area contributed by atoms with Gasteiger partial charge in [0.25, 0.3) is 0 Å². The van der Waals surface area contributed by atoms with Crippen LogP contribution in [0.3, 0.4) is 0 Å². The van der Waals surface area contributed by atoms with Crippen LogP contribution < -0.4 is 11.7 Å². The molecule has 17 heavy (non-hydrogen) atoms. The van der Waals surface area contributed by atoms with Crippen LogP contribution in [0.25, 0.3) is 0 Å². The molecule has 0 aliphatic rings. The second-order valence-electron chi connectivity index (χ2n) is 2.97. The number of hydrazine groups is 1. The third-order valence-electron chi connectivity index (χ3n) is 1.64. The van der Waals surface area contributed by atoms with E-state index in [0.29, 0.717) is 17.3 Å². The van der Waals surface area contributed by atoms with Crippen LogP contribution in [0, 0.1) is 12.7 Å². The van der Waals surface area contributed by atoms with Gasteiger partial charge in [-0.25, -0.2) is 4.39 Å². The summed E-state index contributed by atoms with van der Waals surface area (Å²) >= 11 is 0.525. The number of aryl methyl sites for hydroxylation is 1. The minimum Gasteiger partial charge on any atom is -0.505 e. The van der Waals surface area contributed by atoms with Gasteiger partial charge in [-0.15, -0.1) is 11.8 Å². The van der Waals surface area contributed by atoms with Crippen molar-refractivity contribution < 1.29 is 22.7 Å². The zero-order valence-corrected chi connectivity index (χ0v) is 9.70. The van der Waals surface area contributed by atoms with Gasteiger partial charge in [-0.2, -0.15) is 13.2 Å². The average molecular weight is 272 g/mol. The Morgan fingerprint density at radius 1 is 1.29 bits per heavy atom. The standard InChI is InChI=1S/C9H8F4OS.H4N2/c1-5-2-6(10)7(14)3-8(5)15-4-9(11,12)13;1-2/h2-3,14H,4H2,1H3;1-2H2. The molecule has 0 fully saturated rings. The second-order valence-corrected chi connectivity index (χ2v) is 3.99. The van der Waals surface area contributed by atoms with Crippen molar-refractivity contribution in [2.75, 3.05) is 5.75 Å². The van der Waals surface area contributed by atoms with Crippen molar-refractivity contribution in [3.8, 4) is 5.75 Å². The van der Waals surface area contributed by atoms with Crippen molar-refractivity contribution in [1.82, 2.24) is 0 Å². The highest BCUT2D eigenvalue weighted by Gasteiger charge is 2.27. The van der Waals surface area contributed by atoms with E-state index in [1.807, 2.05) is 0 Å². The third kappa shape index (κ3) is 5.76. The van der Waals surface area contributed by atoms with Gasteiger partial charge in [-0.3, -0.25) is 11.7 Å². The highest BCUT2D eigenvalue weighted by Crippen LogP contribution is 2.32. The quantitative estimate of drug-likeness (QED) is 0.334. The largest absolute Gasteiger partial charge is 0.505 e. The molecule has 3 nitrogen and oxygen atoms in total. The maximum absolute atomic E-state index is 12.8. The van der Waals surface area contributed by atoms with Crippen molar-refractivity contribution >= 4 is 11.8 Å². The zero-order chi connectivity index (χ0) is 13.6. The first-order valence-electron chi connectivity index (χ1n) is 4.31.